The molecule has 5 nitrogen and oxygen atoms in total. The smallest absolute Gasteiger partial charge is 0.260 e. The number of hydrogen-bond acceptors (Lipinski definition) is 4. The monoisotopic (exact) mass is 244 g/mol. The summed E-state index contributed by atoms with van der Waals surface area (Å²) in [7, 11) is 0. The van der Waals surface area contributed by atoms with Crippen molar-refractivity contribution in [2.45, 2.75) is 6.92 Å². The molecule has 2 rings (SSSR count). The van der Waals surface area contributed by atoms with Gasteiger partial charge in [0.1, 0.15) is 17.3 Å². The highest BCUT2D eigenvalue weighted by Crippen LogP contribution is 2.23. The molecule has 0 radical (unpaired) electrons. The van der Waals surface area contributed by atoms with E-state index in [4.69, 9.17) is 5.11 Å². The Labute approximate surface area is 104 Å². The first-order valence-electron chi connectivity index (χ1n) is 5.33. The first-order valence-corrected chi connectivity index (χ1v) is 5.33. The van der Waals surface area contributed by atoms with E-state index in [-0.39, 0.29) is 17.1 Å². The summed E-state index contributed by atoms with van der Waals surface area (Å²) in [5.74, 6) is -0.448. The minimum atomic E-state index is -0.481. The summed E-state index contributed by atoms with van der Waals surface area (Å²) >= 11 is 0. The van der Waals surface area contributed by atoms with Gasteiger partial charge in [0, 0.05) is 11.8 Å². The molecule has 1 aromatic heterocycles. The van der Waals surface area contributed by atoms with Gasteiger partial charge in [-0.3, -0.25) is 4.79 Å². The van der Waals surface area contributed by atoms with E-state index in [1.54, 1.807) is 12.1 Å². The van der Waals surface area contributed by atoms with E-state index in [2.05, 4.69) is 10.3 Å². The molecule has 1 aromatic carbocycles. The number of carbonyl (C=O) groups is 1. The number of amides is 1. The summed E-state index contributed by atoms with van der Waals surface area (Å²) in [5.41, 5.74) is 0.860. The van der Waals surface area contributed by atoms with Crippen LogP contribution in [-0.2, 0) is 0 Å². The first kappa shape index (κ1) is 11.9. The van der Waals surface area contributed by atoms with Crippen molar-refractivity contribution in [3.8, 4) is 11.5 Å². The summed E-state index contributed by atoms with van der Waals surface area (Å²) in [5, 5.41) is 21.3. The van der Waals surface area contributed by atoms with Crippen LogP contribution in [0.2, 0.25) is 0 Å². The molecule has 92 valence electrons. The molecule has 0 aliphatic rings. The Hall–Kier alpha value is -2.56. The highest BCUT2D eigenvalue weighted by Gasteiger charge is 2.12. The Kier molecular flexibility index (Phi) is 3.14. The van der Waals surface area contributed by atoms with Gasteiger partial charge < -0.3 is 15.5 Å². The van der Waals surface area contributed by atoms with E-state index in [9.17, 15) is 9.90 Å². The summed E-state index contributed by atoms with van der Waals surface area (Å²) in [4.78, 5) is 16.0. The van der Waals surface area contributed by atoms with Crippen LogP contribution in [0.1, 0.15) is 16.1 Å². The molecule has 0 spiro atoms. The van der Waals surface area contributed by atoms with Gasteiger partial charge in [-0.2, -0.15) is 0 Å². The summed E-state index contributed by atoms with van der Waals surface area (Å²) in [6, 6.07) is 9.03. The fraction of sp³-hybridized carbons (Fsp3) is 0.0769. The predicted molar refractivity (Wildman–Crippen MR) is 66.7 cm³/mol. The van der Waals surface area contributed by atoms with Gasteiger partial charge in [-0.25, -0.2) is 4.98 Å². The highest BCUT2D eigenvalue weighted by molar-refractivity contribution is 6.05. The number of aromatic hydroxyl groups is 2. The lowest BCUT2D eigenvalue weighted by molar-refractivity contribution is 0.102. The van der Waals surface area contributed by atoms with E-state index in [0.29, 0.717) is 5.82 Å². The van der Waals surface area contributed by atoms with Crippen molar-refractivity contribution in [2.75, 3.05) is 5.32 Å². The van der Waals surface area contributed by atoms with Crippen LogP contribution in [0.3, 0.4) is 0 Å². The maximum Gasteiger partial charge on any atom is 0.260 e. The summed E-state index contributed by atoms with van der Waals surface area (Å²) in [6.45, 7) is 1.81. The van der Waals surface area contributed by atoms with Crippen LogP contribution >= 0.6 is 0 Å². The molecule has 2 aromatic rings. The Morgan fingerprint density at radius 1 is 1.22 bits per heavy atom. The second kappa shape index (κ2) is 4.75. The molecular formula is C13H12N2O3. The maximum atomic E-state index is 11.9. The zero-order chi connectivity index (χ0) is 13.1. The van der Waals surface area contributed by atoms with Gasteiger partial charge in [0.15, 0.2) is 0 Å². The van der Waals surface area contributed by atoms with Crippen molar-refractivity contribution in [1.29, 1.82) is 0 Å². The van der Waals surface area contributed by atoms with Crippen LogP contribution in [0.15, 0.2) is 36.4 Å². The SMILES string of the molecule is Cc1cccc(NC(=O)c2ccc(O)cc2O)n1. The highest BCUT2D eigenvalue weighted by atomic mass is 16.3. The van der Waals surface area contributed by atoms with E-state index in [0.717, 1.165) is 11.8 Å². The van der Waals surface area contributed by atoms with Crippen LogP contribution < -0.4 is 5.32 Å². The zero-order valence-corrected chi connectivity index (χ0v) is 9.71. The predicted octanol–water partition coefficient (Wildman–Crippen LogP) is 2.05. The number of pyridine rings is 1. The van der Waals surface area contributed by atoms with Gasteiger partial charge in [-0.05, 0) is 31.2 Å². The number of phenols is 2. The average Bonchev–Trinajstić information content (AvgIpc) is 2.28. The van der Waals surface area contributed by atoms with E-state index < -0.39 is 5.91 Å². The van der Waals surface area contributed by atoms with Gasteiger partial charge >= 0.3 is 0 Å². The molecule has 1 heterocycles. The lowest BCUT2D eigenvalue weighted by Gasteiger charge is -2.06. The fourth-order valence-corrected chi connectivity index (χ4v) is 1.51. The molecule has 18 heavy (non-hydrogen) atoms. The van der Waals surface area contributed by atoms with Gasteiger partial charge in [0.25, 0.3) is 5.91 Å². The van der Waals surface area contributed by atoms with Crippen molar-refractivity contribution < 1.29 is 15.0 Å². The Balaban J connectivity index is 2.22. The quantitative estimate of drug-likeness (QED) is 0.755. The third kappa shape index (κ3) is 2.57. The third-order valence-electron chi connectivity index (χ3n) is 2.36. The number of hydrogen-bond donors (Lipinski definition) is 3. The lowest BCUT2D eigenvalue weighted by atomic mass is 10.2. The molecule has 0 bridgehead atoms. The topological polar surface area (TPSA) is 82.5 Å². The number of nitrogens with one attached hydrogen (secondary N) is 1. The number of carbonyl (C=O) groups excluding carboxylic acids is 1. The molecule has 0 atom stereocenters. The van der Waals surface area contributed by atoms with Crippen molar-refractivity contribution in [3.63, 3.8) is 0 Å². The molecule has 3 N–H and O–H groups in total. The minimum Gasteiger partial charge on any atom is -0.508 e. The minimum absolute atomic E-state index is 0.0797. The summed E-state index contributed by atoms with van der Waals surface area (Å²) in [6.07, 6.45) is 0. The second-order valence-corrected chi connectivity index (χ2v) is 3.82. The molecule has 5 heteroatoms. The number of aromatic nitrogens is 1. The van der Waals surface area contributed by atoms with E-state index >= 15 is 0 Å². The number of aryl methyl sites for hydroxylation is 1. The molecule has 0 saturated heterocycles. The number of nitrogens with zero attached hydrogens (tertiary/aromatic N) is 1. The van der Waals surface area contributed by atoms with Crippen LogP contribution in [0.25, 0.3) is 0 Å². The van der Waals surface area contributed by atoms with Crippen molar-refractivity contribution in [3.05, 3.63) is 47.7 Å². The number of anilines is 1. The average molecular weight is 244 g/mol. The molecule has 1 amide bonds. The normalized spacial score (nSPS) is 10.1. The number of rotatable bonds is 2. The number of benzene rings is 1. The van der Waals surface area contributed by atoms with Crippen LogP contribution in [0.5, 0.6) is 11.5 Å². The molecule has 0 unspecified atom stereocenters. The molecular weight excluding hydrogens is 232 g/mol. The largest absolute Gasteiger partial charge is 0.508 e. The zero-order valence-electron chi connectivity index (χ0n) is 9.71. The third-order valence-corrected chi connectivity index (χ3v) is 2.36. The van der Waals surface area contributed by atoms with Crippen LogP contribution in [0, 0.1) is 6.92 Å². The number of phenolic OH excluding ortho intramolecular Hbond substituents is 2. The molecule has 0 fully saturated rings. The van der Waals surface area contributed by atoms with Gasteiger partial charge in [-0.1, -0.05) is 6.07 Å². The van der Waals surface area contributed by atoms with Gasteiger partial charge in [0.05, 0.1) is 5.56 Å². The van der Waals surface area contributed by atoms with Crippen molar-refractivity contribution >= 4 is 11.7 Å². The summed E-state index contributed by atoms with van der Waals surface area (Å²) < 4.78 is 0. The van der Waals surface area contributed by atoms with E-state index in [1.165, 1.54) is 12.1 Å². The second-order valence-electron chi connectivity index (χ2n) is 3.82. The molecule has 0 saturated carbocycles. The van der Waals surface area contributed by atoms with Gasteiger partial charge in [-0.15, -0.1) is 0 Å². The first-order chi connectivity index (χ1) is 8.56. The lowest BCUT2D eigenvalue weighted by Crippen LogP contribution is -2.13. The standard InChI is InChI=1S/C13H12N2O3/c1-8-3-2-4-12(14-8)15-13(18)10-6-5-9(16)7-11(10)17/h2-7,16-17H,1H3,(H,14,15,18). The molecule has 0 aliphatic heterocycles. The Bertz CT molecular complexity index is 597. The Morgan fingerprint density at radius 3 is 2.67 bits per heavy atom. The van der Waals surface area contributed by atoms with Crippen molar-refractivity contribution in [2.24, 2.45) is 0 Å². The van der Waals surface area contributed by atoms with Gasteiger partial charge in [0.2, 0.25) is 0 Å². The van der Waals surface area contributed by atoms with Crippen LogP contribution in [0.4, 0.5) is 5.82 Å². The van der Waals surface area contributed by atoms with Crippen LogP contribution in [-0.4, -0.2) is 21.1 Å². The molecule has 0 aliphatic carbocycles. The fourth-order valence-electron chi connectivity index (χ4n) is 1.51. The van der Waals surface area contributed by atoms with Crippen molar-refractivity contribution in [1.82, 2.24) is 4.98 Å². The Morgan fingerprint density at radius 2 is 2.00 bits per heavy atom. The maximum absolute atomic E-state index is 11.9. The van der Waals surface area contributed by atoms with E-state index in [1.807, 2.05) is 13.0 Å².